The standard InChI is InChI=1S/C8H12N2O2/c1-2-12-8(11)7-3-6(4-9)5-10-7/h6-7,10H,2-3,5H2,1H3/t6-,7-/m1/s1. The largest absolute Gasteiger partial charge is 0.465 e. The zero-order valence-corrected chi connectivity index (χ0v) is 7.04. The minimum atomic E-state index is -0.269. The molecule has 0 bridgehead atoms. The average Bonchev–Trinajstić information content (AvgIpc) is 2.52. The van der Waals surface area contributed by atoms with Crippen molar-refractivity contribution in [2.24, 2.45) is 5.92 Å². The Hall–Kier alpha value is -1.08. The molecule has 1 aliphatic rings. The molecule has 0 aromatic rings. The summed E-state index contributed by atoms with van der Waals surface area (Å²) < 4.78 is 4.81. The summed E-state index contributed by atoms with van der Waals surface area (Å²) in [5.74, 6) is -0.283. The highest BCUT2D eigenvalue weighted by Gasteiger charge is 2.29. The lowest BCUT2D eigenvalue weighted by Gasteiger charge is -2.07. The minimum absolute atomic E-state index is 0.0422. The third-order valence-electron chi connectivity index (χ3n) is 1.88. The fourth-order valence-corrected chi connectivity index (χ4v) is 1.26. The van der Waals surface area contributed by atoms with Crippen LogP contribution in [0.25, 0.3) is 0 Å². The highest BCUT2D eigenvalue weighted by molar-refractivity contribution is 5.76. The minimum Gasteiger partial charge on any atom is -0.465 e. The summed E-state index contributed by atoms with van der Waals surface area (Å²) in [4.78, 5) is 11.1. The molecule has 1 heterocycles. The van der Waals surface area contributed by atoms with Crippen LogP contribution >= 0.6 is 0 Å². The second-order valence-corrected chi connectivity index (χ2v) is 2.77. The van der Waals surface area contributed by atoms with Crippen molar-refractivity contribution >= 4 is 5.97 Å². The van der Waals surface area contributed by atoms with Crippen molar-refractivity contribution in [3.8, 4) is 6.07 Å². The monoisotopic (exact) mass is 168 g/mol. The molecule has 0 radical (unpaired) electrons. The van der Waals surface area contributed by atoms with Gasteiger partial charge in [-0.15, -0.1) is 0 Å². The smallest absolute Gasteiger partial charge is 0.323 e. The Morgan fingerprint density at radius 2 is 2.58 bits per heavy atom. The van der Waals surface area contributed by atoms with Crippen LogP contribution in [0.15, 0.2) is 0 Å². The van der Waals surface area contributed by atoms with E-state index in [-0.39, 0.29) is 17.9 Å². The first-order valence-electron chi connectivity index (χ1n) is 4.07. The zero-order valence-electron chi connectivity index (χ0n) is 7.04. The lowest BCUT2D eigenvalue weighted by molar-refractivity contribution is -0.145. The van der Waals surface area contributed by atoms with Gasteiger partial charge in [-0.25, -0.2) is 0 Å². The fourth-order valence-electron chi connectivity index (χ4n) is 1.26. The number of rotatable bonds is 2. The highest BCUT2D eigenvalue weighted by Crippen LogP contribution is 2.13. The molecule has 0 spiro atoms. The molecule has 12 heavy (non-hydrogen) atoms. The van der Waals surface area contributed by atoms with Crippen LogP contribution in [0.2, 0.25) is 0 Å². The topological polar surface area (TPSA) is 62.1 Å². The molecule has 1 N–H and O–H groups in total. The van der Waals surface area contributed by atoms with Gasteiger partial charge in [0.05, 0.1) is 18.6 Å². The van der Waals surface area contributed by atoms with E-state index in [4.69, 9.17) is 10.00 Å². The maximum atomic E-state index is 11.1. The van der Waals surface area contributed by atoms with E-state index < -0.39 is 0 Å². The Bertz CT molecular complexity index is 210. The van der Waals surface area contributed by atoms with Crippen LogP contribution in [0.5, 0.6) is 0 Å². The molecule has 0 saturated carbocycles. The normalized spacial score (nSPS) is 28.0. The van der Waals surface area contributed by atoms with Gasteiger partial charge < -0.3 is 10.1 Å². The van der Waals surface area contributed by atoms with Gasteiger partial charge in [0, 0.05) is 6.54 Å². The second kappa shape index (κ2) is 4.07. The molecule has 2 atom stereocenters. The third kappa shape index (κ3) is 1.95. The Morgan fingerprint density at radius 1 is 1.83 bits per heavy atom. The number of hydrogen-bond acceptors (Lipinski definition) is 4. The third-order valence-corrected chi connectivity index (χ3v) is 1.88. The summed E-state index contributed by atoms with van der Waals surface area (Å²) in [6.07, 6.45) is 0.579. The molecule has 4 heteroatoms. The second-order valence-electron chi connectivity index (χ2n) is 2.77. The molecule has 66 valence electrons. The maximum Gasteiger partial charge on any atom is 0.323 e. The Balaban J connectivity index is 2.37. The first-order valence-corrected chi connectivity index (χ1v) is 4.07. The van der Waals surface area contributed by atoms with E-state index >= 15 is 0 Å². The molecule has 0 aromatic carbocycles. The summed E-state index contributed by atoms with van der Waals surface area (Å²) in [5.41, 5.74) is 0. The summed E-state index contributed by atoms with van der Waals surface area (Å²) in [5, 5.41) is 11.5. The molecule has 1 aliphatic heterocycles. The summed E-state index contributed by atoms with van der Waals surface area (Å²) in [6.45, 7) is 2.77. The van der Waals surface area contributed by atoms with Gasteiger partial charge in [-0.2, -0.15) is 5.26 Å². The van der Waals surface area contributed by atoms with Gasteiger partial charge in [-0.3, -0.25) is 4.79 Å². The van der Waals surface area contributed by atoms with Crippen molar-refractivity contribution in [1.82, 2.24) is 5.32 Å². The molecule has 1 fully saturated rings. The molecule has 0 unspecified atom stereocenters. The maximum absolute atomic E-state index is 11.1. The van der Waals surface area contributed by atoms with E-state index in [1.54, 1.807) is 6.92 Å². The van der Waals surface area contributed by atoms with Crippen LogP contribution in [0.4, 0.5) is 0 Å². The van der Waals surface area contributed by atoms with Crippen molar-refractivity contribution in [1.29, 1.82) is 5.26 Å². The average molecular weight is 168 g/mol. The number of nitrogens with zero attached hydrogens (tertiary/aromatic N) is 1. The first-order chi connectivity index (χ1) is 5.77. The van der Waals surface area contributed by atoms with Crippen LogP contribution in [0.1, 0.15) is 13.3 Å². The number of carbonyl (C=O) groups is 1. The number of esters is 1. The van der Waals surface area contributed by atoms with Crippen molar-refractivity contribution in [2.75, 3.05) is 13.2 Å². The lowest BCUT2D eigenvalue weighted by Crippen LogP contribution is -2.32. The van der Waals surface area contributed by atoms with Crippen molar-refractivity contribution in [2.45, 2.75) is 19.4 Å². The van der Waals surface area contributed by atoms with Gasteiger partial charge in [0.15, 0.2) is 0 Å². The Kier molecular flexibility index (Phi) is 3.06. The molecular formula is C8H12N2O2. The van der Waals surface area contributed by atoms with Crippen molar-refractivity contribution in [3.05, 3.63) is 0 Å². The lowest BCUT2D eigenvalue weighted by atomic mass is 10.1. The van der Waals surface area contributed by atoms with E-state index in [1.165, 1.54) is 0 Å². The van der Waals surface area contributed by atoms with Gasteiger partial charge >= 0.3 is 5.97 Å². The van der Waals surface area contributed by atoms with Crippen molar-refractivity contribution < 1.29 is 9.53 Å². The summed E-state index contributed by atoms with van der Waals surface area (Å²) in [7, 11) is 0. The van der Waals surface area contributed by atoms with Crippen LogP contribution in [-0.4, -0.2) is 25.2 Å². The van der Waals surface area contributed by atoms with Crippen LogP contribution in [0, 0.1) is 17.2 Å². The first kappa shape index (κ1) is 9.01. The van der Waals surface area contributed by atoms with Gasteiger partial charge in [-0.05, 0) is 13.3 Å². The van der Waals surface area contributed by atoms with E-state index in [2.05, 4.69) is 11.4 Å². The van der Waals surface area contributed by atoms with Crippen molar-refractivity contribution in [3.63, 3.8) is 0 Å². The summed E-state index contributed by atoms with van der Waals surface area (Å²) >= 11 is 0. The SMILES string of the molecule is CCOC(=O)[C@H]1C[C@H](C#N)CN1. The van der Waals surface area contributed by atoms with E-state index in [1.807, 2.05) is 0 Å². The van der Waals surface area contributed by atoms with E-state index in [0.717, 1.165) is 0 Å². The molecule has 4 nitrogen and oxygen atoms in total. The van der Waals surface area contributed by atoms with Crippen LogP contribution in [-0.2, 0) is 9.53 Å². The number of carbonyl (C=O) groups excluding carboxylic acids is 1. The highest BCUT2D eigenvalue weighted by atomic mass is 16.5. The molecule has 1 saturated heterocycles. The van der Waals surface area contributed by atoms with Crippen LogP contribution < -0.4 is 5.32 Å². The number of ether oxygens (including phenoxy) is 1. The Morgan fingerprint density at radius 3 is 3.08 bits per heavy atom. The zero-order chi connectivity index (χ0) is 8.97. The number of hydrogen-bond donors (Lipinski definition) is 1. The molecule has 0 aliphatic carbocycles. The van der Waals surface area contributed by atoms with E-state index in [0.29, 0.717) is 19.6 Å². The quantitative estimate of drug-likeness (QED) is 0.592. The predicted molar refractivity (Wildman–Crippen MR) is 42.1 cm³/mol. The van der Waals surface area contributed by atoms with Gasteiger partial charge in [0.2, 0.25) is 0 Å². The molecule has 0 aromatic heterocycles. The van der Waals surface area contributed by atoms with E-state index in [9.17, 15) is 4.79 Å². The molecule has 0 amide bonds. The predicted octanol–water partition coefficient (Wildman–Crippen LogP) is 0.0512. The van der Waals surface area contributed by atoms with Crippen LogP contribution in [0.3, 0.4) is 0 Å². The van der Waals surface area contributed by atoms with Gasteiger partial charge in [0.1, 0.15) is 6.04 Å². The van der Waals surface area contributed by atoms with Gasteiger partial charge in [0.25, 0.3) is 0 Å². The van der Waals surface area contributed by atoms with Gasteiger partial charge in [-0.1, -0.05) is 0 Å². The number of nitriles is 1. The number of nitrogens with one attached hydrogen (secondary N) is 1. The molecule has 1 rings (SSSR count). The summed E-state index contributed by atoms with van der Waals surface area (Å²) in [6, 6.07) is 1.85. The fraction of sp³-hybridized carbons (Fsp3) is 0.750. The molecular weight excluding hydrogens is 156 g/mol. The Labute approximate surface area is 71.5 Å².